The maximum Gasteiger partial charge on any atom is 0.430 e. The highest BCUT2D eigenvalue weighted by atomic mass is 19.4. The fourth-order valence-electron chi connectivity index (χ4n) is 1.43. The third-order valence-electron chi connectivity index (χ3n) is 2.33. The molecule has 0 saturated heterocycles. The minimum absolute atomic E-state index is 0.150. The van der Waals surface area contributed by atoms with Crippen LogP contribution in [0.1, 0.15) is 20.8 Å². The van der Waals surface area contributed by atoms with Crippen molar-refractivity contribution in [3.8, 4) is 11.8 Å². The predicted molar refractivity (Wildman–Crippen MR) is 76.4 cm³/mol. The first-order valence-corrected chi connectivity index (χ1v) is 5.89. The van der Waals surface area contributed by atoms with E-state index in [9.17, 15) is 13.2 Å². The molecular weight excluding hydrogens is 265 g/mol. The van der Waals surface area contributed by atoms with Crippen LogP contribution in [0.3, 0.4) is 0 Å². The number of nitrogens with one attached hydrogen (secondary N) is 1. The van der Waals surface area contributed by atoms with Crippen LogP contribution in [-0.4, -0.2) is 12.7 Å². The predicted octanol–water partition coefficient (Wildman–Crippen LogP) is 3.41. The normalized spacial score (nSPS) is 11.2. The molecule has 0 aliphatic carbocycles. The summed E-state index contributed by atoms with van der Waals surface area (Å²) in [4.78, 5) is 0. The zero-order valence-electron chi connectivity index (χ0n) is 11.9. The smallest absolute Gasteiger partial charge is 0.399 e. The molecule has 0 radical (unpaired) electrons. The number of hydrogen-bond donors (Lipinski definition) is 2. The zero-order valence-corrected chi connectivity index (χ0v) is 11.9. The van der Waals surface area contributed by atoms with Gasteiger partial charge in [-0.3, -0.25) is 0 Å². The van der Waals surface area contributed by atoms with E-state index >= 15 is 0 Å². The highest BCUT2D eigenvalue weighted by Crippen LogP contribution is 2.21. The Morgan fingerprint density at radius 3 is 2.20 bits per heavy atom. The van der Waals surface area contributed by atoms with E-state index in [1.54, 1.807) is 13.0 Å². The molecule has 0 heterocycles. The molecule has 5 heteroatoms. The van der Waals surface area contributed by atoms with Gasteiger partial charge in [0.05, 0.1) is 6.54 Å². The molecule has 0 aromatic rings. The SMILES string of the molecule is C=C(N)C(=C(C)C)/C(C#CCNC(=C)C(F)(F)F)=C\C. The van der Waals surface area contributed by atoms with E-state index in [1.807, 2.05) is 13.8 Å². The molecule has 0 amide bonds. The van der Waals surface area contributed by atoms with Gasteiger partial charge >= 0.3 is 6.18 Å². The van der Waals surface area contributed by atoms with Gasteiger partial charge in [0.25, 0.3) is 0 Å². The Morgan fingerprint density at radius 2 is 1.85 bits per heavy atom. The first-order chi connectivity index (χ1) is 9.11. The lowest BCUT2D eigenvalue weighted by molar-refractivity contribution is -0.0959. The van der Waals surface area contributed by atoms with Gasteiger partial charge < -0.3 is 11.1 Å². The summed E-state index contributed by atoms with van der Waals surface area (Å²) in [5, 5.41) is 2.11. The lowest BCUT2D eigenvalue weighted by Crippen LogP contribution is -2.25. The Morgan fingerprint density at radius 1 is 1.30 bits per heavy atom. The van der Waals surface area contributed by atoms with Crippen LogP contribution in [-0.2, 0) is 0 Å². The minimum Gasteiger partial charge on any atom is -0.399 e. The van der Waals surface area contributed by atoms with E-state index in [0.29, 0.717) is 11.3 Å². The van der Waals surface area contributed by atoms with Gasteiger partial charge in [0.15, 0.2) is 0 Å². The standard InChI is InChI=1S/C15H19F3N2/c1-6-13(14(10(2)3)11(4)19)8-7-9-20-12(5)15(16,17)18/h6,20H,4-5,9,19H2,1-3H3/b13-6-. The molecule has 2 nitrogen and oxygen atoms in total. The molecule has 0 saturated carbocycles. The average Bonchev–Trinajstić information content (AvgIpc) is 2.29. The van der Waals surface area contributed by atoms with Gasteiger partial charge in [-0.25, -0.2) is 0 Å². The molecule has 0 spiro atoms. The molecule has 0 unspecified atom stereocenters. The summed E-state index contributed by atoms with van der Waals surface area (Å²) in [6.07, 6.45) is -2.71. The van der Waals surface area contributed by atoms with Crippen molar-refractivity contribution in [2.24, 2.45) is 5.73 Å². The van der Waals surface area contributed by atoms with Crippen molar-refractivity contribution in [3.63, 3.8) is 0 Å². The summed E-state index contributed by atoms with van der Waals surface area (Å²) in [5.74, 6) is 5.39. The van der Waals surface area contributed by atoms with Gasteiger partial charge in [0.1, 0.15) is 5.70 Å². The highest BCUT2D eigenvalue weighted by molar-refractivity contribution is 5.55. The van der Waals surface area contributed by atoms with Gasteiger partial charge in [-0.2, -0.15) is 13.2 Å². The van der Waals surface area contributed by atoms with E-state index in [0.717, 1.165) is 11.1 Å². The molecule has 0 rings (SSSR count). The van der Waals surface area contributed by atoms with Gasteiger partial charge in [0, 0.05) is 16.8 Å². The molecule has 0 aliphatic rings. The van der Waals surface area contributed by atoms with Crippen molar-refractivity contribution in [1.29, 1.82) is 0 Å². The van der Waals surface area contributed by atoms with Crippen LogP contribution < -0.4 is 11.1 Å². The molecular formula is C15H19F3N2. The Kier molecular flexibility index (Phi) is 6.70. The summed E-state index contributed by atoms with van der Waals surface area (Å²) in [5.41, 5.74) is 7.34. The number of allylic oxidation sites excluding steroid dienone is 4. The van der Waals surface area contributed by atoms with E-state index in [1.165, 1.54) is 0 Å². The van der Waals surface area contributed by atoms with E-state index < -0.39 is 11.9 Å². The average molecular weight is 284 g/mol. The molecule has 110 valence electrons. The van der Waals surface area contributed by atoms with Crippen LogP contribution in [0.25, 0.3) is 0 Å². The summed E-state index contributed by atoms with van der Waals surface area (Å²) in [6.45, 7) is 11.9. The molecule has 0 aromatic carbocycles. The van der Waals surface area contributed by atoms with Crippen LogP contribution in [0.5, 0.6) is 0 Å². The van der Waals surface area contributed by atoms with Crippen LogP contribution in [0.4, 0.5) is 13.2 Å². The number of alkyl halides is 3. The Balaban J connectivity index is 4.89. The molecule has 0 atom stereocenters. The number of halogens is 3. The number of rotatable bonds is 4. The summed E-state index contributed by atoms with van der Waals surface area (Å²) in [6, 6.07) is 0. The summed E-state index contributed by atoms with van der Waals surface area (Å²) >= 11 is 0. The second kappa shape index (κ2) is 7.49. The van der Waals surface area contributed by atoms with Crippen LogP contribution >= 0.6 is 0 Å². The fraction of sp³-hybridized carbons (Fsp3) is 0.333. The van der Waals surface area contributed by atoms with Crippen LogP contribution in [0, 0.1) is 11.8 Å². The highest BCUT2D eigenvalue weighted by Gasteiger charge is 2.31. The number of nitrogens with two attached hydrogens (primary N) is 1. The van der Waals surface area contributed by atoms with Crippen molar-refractivity contribution >= 4 is 0 Å². The van der Waals surface area contributed by atoms with Crippen LogP contribution in [0.15, 0.2) is 47.3 Å². The van der Waals surface area contributed by atoms with E-state index in [4.69, 9.17) is 5.73 Å². The Bertz CT molecular complexity index is 507. The second-order valence-corrected chi connectivity index (χ2v) is 4.23. The molecule has 0 bridgehead atoms. The van der Waals surface area contributed by atoms with E-state index in [-0.39, 0.29) is 6.54 Å². The van der Waals surface area contributed by atoms with Gasteiger partial charge in [0.2, 0.25) is 0 Å². The summed E-state index contributed by atoms with van der Waals surface area (Å²) in [7, 11) is 0. The van der Waals surface area contributed by atoms with Crippen molar-refractivity contribution in [1.82, 2.24) is 5.32 Å². The second-order valence-electron chi connectivity index (χ2n) is 4.23. The van der Waals surface area contributed by atoms with Crippen molar-refractivity contribution in [2.45, 2.75) is 26.9 Å². The fourth-order valence-corrected chi connectivity index (χ4v) is 1.43. The first kappa shape index (κ1) is 17.9. The lowest BCUT2D eigenvalue weighted by atomic mass is 9.99. The molecule has 0 fully saturated rings. The third kappa shape index (κ3) is 5.70. The quantitative estimate of drug-likeness (QED) is 0.613. The molecule has 0 aliphatic heterocycles. The van der Waals surface area contributed by atoms with Gasteiger partial charge in [-0.05, 0) is 20.8 Å². The maximum atomic E-state index is 12.2. The Labute approximate surface area is 117 Å². The van der Waals surface area contributed by atoms with Crippen molar-refractivity contribution in [3.05, 3.63) is 47.3 Å². The monoisotopic (exact) mass is 284 g/mol. The van der Waals surface area contributed by atoms with Crippen LogP contribution in [0.2, 0.25) is 0 Å². The number of hydrogen-bond acceptors (Lipinski definition) is 2. The zero-order chi connectivity index (χ0) is 15.9. The van der Waals surface area contributed by atoms with Crippen molar-refractivity contribution in [2.75, 3.05) is 6.54 Å². The minimum atomic E-state index is -4.46. The molecule has 3 N–H and O–H groups in total. The third-order valence-corrected chi connectivity index (χ3v) is 2.33. The maximum absolute atomic E-state index is 12.2. The van der Waals surface area contributed by atoms with E-state index in [2.05, 4.69) is 30.3 Å². The molecule has 0 aromatic heterocycles. The van der Waals surface area contributed by atoms with Crippen molar-refractivity contribution < 1.29 is 13.2 Å². The molecule has 20 heavy (non-hydrogen) atoms. The Hall–Kier alpha value is -2.09. The largest absolute Gasteiger partial charge is 0.430 e. The summed E-state index contributed by atoms with van der Waals surface area (Å²) < 4.78 is 36.6. The lowest BCUT2D eigenvalue weighted by Gasteiger charge is -2.10. The first-order valence-electron chi connectivity index (χ1n) is 5.89. The van der Waals surface area contributed by atoms with Gasteiger partial charge in [-0.1, -0.05) is 36.6 Å². The van der Waals surface area contributed by atoms with Gasteiger partial charge in [-0.15, -0.1) is 0 Å². The topological polar surface area (TPSA) is 38.0 Å².